The van der Waals surface area contributed by atoms with Gasteiger partial charge in [-0.1, -0.05) is 19.1 Å². The van der Waals surface area contributed by atoms with Gasteiger partial charge in [0.2, 0.25) is 0 Å². The summed E-state index contributed by atoms with van der Waals surface area (Å²) < 4.78 is 0. The summed E-state index contributed by atoms with van der Waals surface area (Å²) in [5.74, 6) is 0.567. The largest absolute Gasteiger partial charge is 0.389 e. The molecule has 0 unspecified atom stereocenters. The van der Waals surface area contributed by atoms with Crippen LogP contribution in [0.5, 0.6) is 0 Å². The SMILES string of the molecule is CCc1nc(Nc2nnc(C)c(C)c2C(N)=S)sc1C. The molecule has 20 heavy (non-hydrogen) atoms. The maximum absolute atomic E-state index is 5.81. The highest BCUT2D eigenvalue weighted by atomic mass is 32.1. The molecule has 0 atom stereocenters. The predicted molar refractivity (Wildman–Crippen MR) is 86.9 cm³/mol. The summed E-state index contributed by atoms with van der Waals surface area (Å²) >= 11 is 6.71. The van der Waals surface area contributed by atoms with Crippen LogP contribution in [-0.2, 0) is 6.42 Å². The molecule has 0 aliphatic carbocycles. The Morgan fingerprint density at radius 3 is 2.55 bits per heavy atom. The number of hydrogen-bond donors (Lipinski definition) is 2. The van der Waals surface area contributed by atoms with Crippen molar-refractivity contribution in [2.24, 2.45) is 5.73 Å². The highest BCUT2D eigenvalue weighted by Crippen LogP contribution is 2.27. The molecule has 2 aromatic heterocycles. The van der Waals surface area contributed by atoms with Gasteiger partial charge in [0.1, 0.15) is 4.99 Å². The van der Waals surface area contributed by atoms with Gasteiger partial charge in [0.05, 0.1) is 17.0 Å². The molecule has 0 saturated carbocycles. The Morgan fingerprint density at radius 2 is 2.00 bits per heavy atom. The van der Waals surface area contributed by atoms with Crippen molar-refractivity contribution in [2.45, 2.75) is 34.1 Å². The van der Waals surface area contributed by atoms with Crippen LogP contribution >= 0.6 is 23.6 Å². The lowest BCUT2D eigenvalue weighted by atomic mass is 10.1. The van der Waals surface area contributed by atoms with Crippen molar-refractivity contribution < 1.29 is 0 Å². The van der Waals surface area contributed by atoms with Crippen LogP contribution in [-0.4, -0.2) is 20.2 Å². The second kappa shape index (κ2) is 5.80. The first-order valence-corrected chi connectivity index (χ1v) is 7.53. The van der Waals surface area contributed by atoms with E-state index in [0.29, 0.717) is 10.8 Å². The van der Waals surface area contributed by atoms with E-state index in [9.17, 15) is 0 Å². The second-order valence-electron chi connectivity index (χ2n) is 4.50. The van der Waals surface area contributed by atoms with E-state index >= 15 is 0 Å². The van der Waals surface area contributed by atoms with Gasteiger partial charge in [-0.2, -0.15) is 5.10 Å². The fourth-order valence-electron chi connectivity index (χ4n) is 1.91. The average molecular weight is 307 g/mol. The average Bonchev–Trinajstić information content (AvgIpc) is 2.73. The molecule has 0 aromatic carbocycles. The first kappa shape index (κ1) is 14.8. The smallest absolute Gasteiger partial charge is 0.188 e. The molecule has 2 heterocycles. The number of thiazole rings is 1. The third kappa shape index (κ3) is 2.78. The first-order valence-electron chi connectivity index (χ1n) is 6.31. The number of nitrogens with zero attached hydrogens (tertiary/aromatic N) is 3. The van der Waals surface area contributed by atoms with Gasteiger partial charge in [0.15, 0.2) is 10.9 Å². The van der Waals surface area contributed by atoms with Crippen LogP contribution in [0.1, 0.15) is 34.3 Å². The maximum Gasteiger partial charge on any atom is 0.188 e. The number of aromatic nitrogens is 3. The van der Waals surface area contributed by atoms with E-state index in [1.54, 1.807) is 11.3 Å². The third-order valence-corrected chi connectivity index (χ3v) is 4.29. The van der Waals surface area contributed by atoms with Crippen LogP contribution in [0.2, 0.25) is 0 Å². The minimum absolute atomic E-state index is 0.312. The number of nitrogens with two attached hydrogens (primary N) is 1. The summed E-state index contributed by atoms with van der Waals surface area (Å²) in [7, 11) is 0. The molecule has 2 aromatic rings. The van der Waals surface area contributed by atoms with Gasteiger partial charge in [0.25, 0.3) is 0 Å². The fourth-order valence-corrected chi connectivity index (χ4v) is 3.06. The molecule has 5 nitrogen and oxygen atoms in total. The van der Waals surface area contributed by atoms with Crippen molar-refractivity contribution in [3.05, 3.63) is 27.4 Å². The van der Waals surface area contributed by atoms with Gasteiger partial charge in [0, 0.05) is 4.88 Å². The van der Waals surface area contributed by atoms with E-state index in [1.807, 2.05) is 13.8 Å². The minimum Gasteiger partial charge on any atom is -0.389 e. The second-order valence-corrected chi connectivity index (χ2v) is 6.14. The number of hydrogen-bond acceptors (Lipinski definition) is 6. The molecular formula is C13H17N5S2. The summed E-state index contributed by atoms with van der Waals surface area (Å²) in [4.78, 5) is 6.04. The van der Waals surface area contributed by atoms with Crippen molar-refractivity contribution in [1.82, 2.24) is 15.2 Å². The van der Waals surface area contributed by atoms with Gasteiger partial charge >= 0.3 is 0 Å². The summed E-state index contributed by atoms with van der Waals surface area (Å²) in [6.45, 7) is 7.97. The van der Waals surface area contributed by atoms with E-state index in [2.05, 4.69) is 34.3 Å². The molecule has 0 spiro atoms. The zero-order valence-corrected chi connectivity index (χ0v) is 13.6. The van der Waals surface area contributed by atoms with E-state index in [1.165, 1.54) is 4.88 Å². The van der Waals surface area contributed by atoms with Gasteiger partial charge in [-0.25, -0.2) is 4.98 Å². The minimum atomic E-state index is 0.312. The number of anilines is 2. The van der Waals surface area contributed by atoms with Crippen LogP contribution < -0.4 is 11.1 Å². The third-order valence-electron chi connectivity index (χ3n) is 3.15. The maximum atomic E-state index is 5.81. The fraction of sp³-hybridized carbons (Fsp3) is 0.385. The van der Waals surface area contributed by atoms with Gasteiger partial charge in [-0.15, -0.1) is 16.4 Å². The molecule has 7 heteroatoms. The molecule has 2 rings (SSSR count). The monoisotopic (exact) mass is 307 g/mol. The van der Waals surface area contributed by atoms with Gasteiger partial charge < -0.3 is 11.1 Å². The Hall–Kier alpha value is -1.60. The molecule has 0 fully saturated rings. The zero-order chi connectivity index (χ0) is 14.9. The van der Waals surface area contributed by atoms with Crippen molar-refractivity contribution in [3.63, 3.8) is 0 Å². The Morgan fingerprint density at radius 1 is 1.30 bits per heavy atom. The van der Waals surface area contributed by atoms with Crippen molar-refractivity contribution in [3.8, 4) is 0 Å². The molecule has 0 aliphatic heterocycles. The van der Waals surface area contributed by atoms with Crippen molar-refractivity contribution in [2.75, 3.05) is 5.32 Å². The van der Waals surface area contributed by atoms with Crippen molar-refractivity contribution >= 4 is 39.5 Å². The van der Waals surface area contributed by atoms with Crippen molar-refractivity contribution in [1.29, 1.82) is 0 Å². The molecule has 3 N–H and O–H groups in total. The molecule has 0 amide bonds. The number of aryl methyl sites for hydroxylation is 3. The Bertz CT molecular complexity index is 663. The lowest BCUT2D eigenvalue weighted by Crippen LogP contribution is -2.16. The van der Waals surface area contributed by atoms with Crippen LogP contribution in [0.15, 0.2) is 0 Å². The summed E-state index contributed by atoms with van der Waals surface area (Å²) in [5, 5.41) is 12.2. The van der Waals surface area contributed by atoms with E-state index < -0.39 is 0 Å². The first-order chi connectivity index (χ1) is 9.43. The Balaban J connectivity index is 2.42. The molecule has 0 radical (unpaired) electrons. The molecule has 106 valence electrons. The van der Waals surface area contributed by atoms with E-state index in [-0.39, 0.29) is 0 Å². The van der Waals surface area contributed by atoms with E-state index in [0.717, 1.165) is 34.1 Å². The summed E-state index contributed by atoms with van der Waals surface area (Å²) in [6.07, 6.45) is 0.908. The zero-order valence-electron chi connectivity index (χ0n) is 11.9. The van der Waals surface area contributed by atoms with Gasteiger partial charge in [-0.05, 0) is 32.8 Å². The Kier molecular flexibility index (Phi) is 4.29. The van der Waals surface area contributed by atoms with E-state index in [4.69, 9.17) is 18.0 Å². The molecular weight excluding hydrogens is 290 g/mol. The number of rotatable bonds is 4. The summed E-state index contributed by atoms with van der Waals surface area (Å²) in [5.41, 5.74) is 9.40. The quantitative estimate of drug-likeness (QED) is 0.846. The number of thiocarbonyl (C=S) groups is 1. The lowest BCUT2D eigenvalue weighted by Gasteiger charge is -2.11. The standard InChI is InChI=1S/C13H17N5S2/c1-5-9-8(4)20-13(15-9)16-12-10(11(14)19)6(2)7(3)17-18-12/h5H2,1-4H3,(H2,14,19)(H,15,16,18). The topological polar surface area (TPSA) is 76.7 Å². The number of nitrogens with one attached hydrogen (secondary N) is 1. The van der Waals surface area contributed by atoms with Crippen LogP contribution in [0, 0.1) is 20.8 Å². The lowest BCUT2D eigenvalue weighted by molar-refractivity contribution is 0.961. The molecule has 0 aliphatic rings. The molecule has 0 saturated heterocycles. The highest BCUT2D eigenvalue weighted by Gasteiger charge is 2.15. The van der Waals surface area contributed by atoms with Crippen LogP contribution in [0.25, 0.3) is 0 Å². The predicted octanol–water partition coefficient (Wildman–Crippen LogP) is 2.80. The normalized spacial score (nSPS) is 10.6. The Labute approximate surface area is 127 Å². The highest BCUT2D eigenvalue weighted by molar-refractivity contribution is 7.80. The van der Waals surface area contributed by atoms with Gasteiger partial charge in [-0.3, -0.25) is 0 Å². The molecule has 0 bridgehead atoms. The summed E-state index contributed by atoms with van der Waals surface area (Å²) in [6, 6.07) is 0. The van der Waals surface area contributed by atoms with Crippen LogP contribution in [0.3, 0.4) is 0 Å². The van der Waals surface area contributed by atoms with Crippen LogP contribution in [0.4, 0.5) is 10.9 Å².